The van der Waals surface area contributed by atoms with E-state index in [0.29, 0.717) is 22.5 Å². The summed E-state index contributed by atoms with van der Waals surface area (Å²) in [5.41, 5.74) is 1.68. The number of hydrogen-bond donors (Lipinski definition) is 0. The molecule has 168 valence electrons. The van der Waals surface area contributed by atoms with Gasteiger partial charge in [-0.05, 0) is 67.5 Å². The third-order valence-electron chi connectivity index (χ3n) is 6.67. The van der Waals surface area contributed by atoms with Crippen LogP contribution in [0.2, 0.25) is 10.0 Å². The number of carbonyl (C=O) groups is 2. The van der Waals surface area contributed by atoms with Gasteiger partial charge < -0.3 is 14.5 Å². The smallest absolute Gasteiger partial charge is 0.233 e. The molecule has 2 aromatic rings. The van der Waals surface area contributed by atoms with Gasteiger partial charge in [-0.1, -0.05) is 35.3 Å². The van der Waals surface area contributed by atoms with Gasteiger partial charge in [-0.25, -0.2) is 0 Å². The minimum absolute atomic E-state index is 0.0281. The molecule has 2 saturated carbocycles. The lowest BCUT2D eigenvalue weighted by Gasteiger charge is -2.32. The number of ether oxygens (including phenoxy) is 1. The first-order chi connectivity index (χ1) is 15.5. The van der Waals surface area contributed by atoms with Crippen LogP contribution in [0.25, 0.3) is 0 Å². The van der Waals surface area contributed by atoms with E-state index in [4.69, 9.17) is 27.9 Å². The molecule has 0 spiro atoms. The monoisotopic (exact) mass is 472 g/mol. The van der Waals surface area contributed by atoms with Crippen LogP contribution in [0.3, 0.4) is 0 Å². The third kappa shape index (κ3) is 4.20. The minimum atomic E-state index is -0.455. The molecule has 0 aromatic heterocycles. The molecule has 2 atom stereocenters. The Morgan fingerprint density at radius 2 is 1.88 bits per heavy atom. The molecule has 5 nitrogen and oxygen atoms in total. The Labute approximate surface area is 198 Å². The van der Waals surface area contributed by atoms with Crippen LogP contribution in [0.15, 0.2) is 42.5 Å². The maximum atomic E-state index is 14.0. The van der Waals surface area contributed by atoms with Gasteiger partial charge in [0.25, 0.3) is 0 Å². The lowest BCUT2D eigenvalue weighted by atomic mass is 9.91. The lowest BCUT2D eigenvalue weighted by molar-refractivity contribution is -0.129. The number of halogens is 2. The fraction of sp³-hybridized carbons (Fsp3) is 0.440. The highest BCUT2D eigenvalue weighted by molar-refractivity contribution is 6.42. The largest absolute Gasteiger partial charge is 0.497 e. The van der Waals surface area contributed by atoms with Crippen LogP contribution in [0.5, 0.6) is 5.75 Å². The molecule has 5 rings (SSSR count). The second-order valence-corrected chi connectivity index (χ2v) is 9.87. The number of likely N-dealkylation sites (tertiary alicyclic amines) is 1. The highest BCUT2D eigenvalue weighted by Crippen LogP contribution is 2.47. The van der Waals surface area contributed by atoms with Crippen molar-refractivity contribution in [3.8, 4) is 5.75 Å². The predicted octanol–water partition coefficient (Wildman–Crippen LogP) is 5.50. The molecule has 32 heavy (non-hydrogen) atoms. The van der Waals surface area contributed by atoms with E-state index in [0.717, 1.165) is 42.7 Å². The SMILES string of the molecule is COc1cccc(C2C(C(=O)N(CC3CC3)c3ccc(Cl)c(Cl)c3)CC(=O)N2C2CC2)c1. The summed E-state index contributed by atoms with van der Waals surface area (Å²) in [6, 6.07) is 13.0. The maximum absolute atomic E-state index is 14.0. The molecule has 2 unspecified atom stereocenters. The van der Waals surface area contributed by atoms with Crippen LogP contribution in [0.1, 0.15) is 43.7 Å². The van der Waals surface area contributed by atoms with Crippen molar-refractivity contribution in [2.75, 3.05) is 18.6 Å². The summed E-state index contributed by atoms with van der Waals surface area (Å²) in [6.07, 6.45) is 4.43. The zero-order valence-corrected chi connectivity index (χ0v) is 19.5. The van der Waals surface area contributed by atoms with Gasteiger partial charge in [0.05, 0.1) is 29.1 Å². The van der Waals surface area contributed by atoms with Gasteiger partial charge in [-0.15, -0.1) is 0 Å². The predicted molar refractivity (Wildman–Crippen MR) is 125 cm³/mol. The normalized spacial score (nSPS) is 22.8. The lowest BCUT2D eigenvalue weighted by Crippen LogP contribution is -2.40. The van der Waals surface area contributed by atoms with Crippen LogP contribution in [0, 0.1) is 11.8 Å². The topological polar surface area (TPSA) is 49.9 Å². The number of anilines is 1. The molecule has 7 heteroatoms. The average molecular weight is 473 g/mol. The van der Waals surface area contributed by atoms with Crippen molar-refractivity contribution in [2.24, 2.45) is 11.8 Å². The van der Waals surface area contributed by atoms with Gasteiger partial charge in [0, 0.05) is 24.7 Å². The summed E-state index contributed by atoms with van der Waals surface area (Å²) in [7, 11) is 1.63. The van der Waals surface area contributed by atoms with Crippen molar-refractivity contribution >= 4 is 40.7 Å². The van der Waals surface area contributed by atoms with Crippen molar-refractivity contribution in [2.45, 2.75) is 44.2 Å². The van der Waals surface area contributed by atoms with Gasteiger partial charge in [0.1, 0.15) is 5.75 Å². The molecule has 1 aliphatic heterocycles. The number of nitrogens with zero attached hydrogens (tertiary/aromatic N) is 2. The van der Waals surface area contributed by atoms with Crippen LogP contribution in [-0.4, -0.2) is 36.4 Å². The Morgan fingerprint density at radius 1 is 1.09 bits per heavy atom. The Morgan fingerprint density at radius 3 is 2.53 bits per heavy atom. The van der Waals surface area contributed by atoms with Crippen molar-refractivity contribution in [1.82, 2.24) is 4.90 Å². The zero-order chi connectivity index (χ0) is 22.4. The molecule has 2 amide bonds. The Hall–Kier alpha value is -2.24. The van der Waals surface area contributed by atoms with Crippen LogP contribution >= 0.6 is 23.2 Å². The van der Waals surface area contributed by atoms with Gasteiger partial charge in [0.15, 0.2) is 0 Å². The summed E-state index contributed by atoms with van der Waals surface area (Å²) in [4.78, 5) is 30.9. The van der Waals surface area contributed by atoms with Crippen LogP contribution in [0.4, 0.5) is 5.69 Å². The number of hydrogen-bond acceptors (Lipinski definition) is 3. The minimum Gasteiger partial charge on any atom is -0.497 e. The van der Waals surface area contributed by atoms with Gasteiger partial charge in [0.2, 0.25) is 11.8 Å². The molecule has 0 radical (unpaired) electrons. The highest BCUT2D eigenvalue weighted by Gasteiger charge is 2.51. The number of benzene rings is 2. The molecule has 1 saturated heterocycles. The fourth-order valence-corrected chi connectivity index (χ4v) is 5.01. The summed E-state index contributed by atoms with van der Waals surface area (Å²) in [5, 5.41) is 0.878. The Kier molecular flexibility index (Phi) is 5.81. The van der Waals surface area contributed by atoms with Crippen LogP contribution in [-0.2, 0) is 9.59 Å². The Balaban J connectivity index is 1.52. The summed E-state index contributed by atoms with van der Waals surface area (Å²) in [5.74, 6) is 0.783. The molecule has 3 aliphatic rings. The summed E-state index contributed by atoms with van der Waals surface area (Å²) in [6.45, 7) is 0.635. The van der Waals surface area contributed by atoms with Crippen molar-refractivity contribution in [1.29, 1.82) is 0 Å². The summed E-state index contributed by atoms with van der Waals surface area (Å²) < 4.78 is 5.42. The van der Waals surface area contributed by atoms with E-state index in [-0.39, 0.29) is 30.3 Å². The fourth-order valence-electron chi connectivity index (χ4n) is 4.71. The van der Waals surface area contributed by atoms with E-state index < -0.39 is 5.92 Å². The first kappa shape index (κ1) is 21.6. The first-order valence-corrected chi connectivity index (χ1v) is 11.9. The number of rotatable bonds is 7. The summed E-state index contributed by atoms with van der Waals surface area (Å²) >= 11 is 12.4. The second kappa shape index (κ2) is 8.60. The maximum Gasteiger partial charge on any atom is 0.233 e. The molecule has 0 N–H and O–H groups in total. The van der Waals surface area contributed by atoms with Gasteiger partial charge >= 0.3 is 0 Å². The molecule has 1 heterocycles. The molecular formula is C25H26Cl2N2O3. The number of methoxy groups -OCH3 is 1. The van der Waals surface area contributed by atoms with Crippen molar-refractivity contribution in [3.63, 3.8) is 0 Å². The van der Waals surface area contributed by atoms with Crippen LogP contribution < -0.4 is 9.64 Å². The van der Waals surface area contributed by atoms with Crippen molar-refractivity contribution < 1.29 is 14.3 Å². The van der Waals surface area contributed by atoms with E-state index in [2.05, 4.69) is 0 Å². The standard InChI is InChI=1S/C25H26Cl2N2O3/c1-32-19-4-2-3-16(11-19)24-20(13-23(30)29(24)17-7-8-17)25(31)28(14-15-5-6-15)18-9-10-21(26)22(27)12-18/h2-4,9-12,15,17,20,24H,5-8,13-14H2,1H3. The first-order valence-electron chi connectivity index (χ1n) is 11.2. The molecule has 0 bridgehead atoms. The van der Waals surface area contributed by atoms with E-state index >= 15 is 0 Å². The van der Waals surface area contributed by atoms with Gasteiger partial charge in [-0.2, -0.15) is 0 Å². The van der Waals surface area contributed by atoms with Gasteiger partial charge in [-0.3, -0.25) is 9.59 Å². The van der Waals surface area contributed by atoms with E-state index in [1.165, 1.54) is 0 Å². The molecule has 2 aromatic carbocycles. The Bertz CT molecular complexity index is 1050. The molecule has 3 fully saturated rings. The highest BCUT2D eigenvalue weighted by atomic mass is 35.5. The van der Waals surface area contributed by atoms with Crippen molar-refractivity contribution in [3.05, 3.63) is 58.1 Å². The van der Waals surface area contributed by atoms with E-state index in [1.54, 1.807) is 19.2 Å². The van der Waals surface area contributed by atoms with E-state index in [9.17, 15) is 9.59 Å². The zero-order valence-electron chi connectivity index (χ0n) is 18.0. The molecular weight excluding hydrogens is 447 g/mol. The quantitative estimate of drug-likeness (QED) is 0.534. The number of carbonyl (C=O) groups excluding carboxylic acids is 2. The second-order valence-electron chi connectivity index (χ2n) is 9.05. The van der Waals surface area contributed by atoms with E-state index in [1.807, 2.05) is 40.1 Å². The average Bonchev–Trinajstić information content (AvgIpc) is 3.72. The third-order valence-corrected chi connectivity index (χ3v) is 7.41. The number of amides is 2. The molecule has 2 aliphatic carbocycles.